The summed E-state index contributed by atoms with van der Waals surface area (Å²) in [5, 5.41) is 16.6. The van der Waals surface area contributed by atoms with Crippen LogP contribution < -0.4 is 10.2 Å². The number of nitrogens with one attached hydrogen (secondary N) is 1. The Bertz CT molecular complexity index is 927. The first-order valence-electron chi connectivity index (χ1n) is 7.29. The largest absolute Gasteiger partial charge is 0.497 e. The predicted molar refractivity (Wildman–Crippen MR) is 101 cm³/mol. The molecule has 0 aliphatic carbocycles. The van der Waals surface area contributed by atoms with Crippen LogP contribution in [0.5, 0.6) is 5.75 Å². The molecule has 0 unspecified atom stereocenters. The second-order valence-electron chi connectivity index (χ2n) is 4.96. The summed E-state index contributed by atoms with van der Waals surface area (Å²) < 4.78 is 5.15. The highest BCUT2D eigenvalue weighted by Gasteiger charge is 2.10. The third-order valence-electron chi connectivity index (χ3n) is 3.34. The highest BCUT2D eigenvalue weighted by molar-refractivity contribution is 7.12. The molecule has 1 aromatic heterocycles. The quantitative estimate of drug-likeness (QED) is 0.518. The summed E-state index contributed by atoms with van der Waals surface area (Å²) in [7, 11) is 1.62. The molecule has 3 aromatic rings. The van der Waals surface area contributed by atoms with Crippen LogP contribution in [0, 0.1) is 11.3 Å². The molecule has 0 spiro atoms. The average molecular weight is 369 g/mol. The zero-order valence-electron chi connectivity index (χ0n) is 13.2. The second kappa shape index (κ2) is 7.79. The molecule has 124 valence electrons. The number of nitriles is 1. The number of thiazole rings is 1. The number of benzene rings is 2. The molecule has 0 amide bonds. The maximum atomic E-state index is 9.36. The Balaban J connectivity index is 1.79. The molecule has 1 heterocycles. The standard InChI is InChI=1S/C18H13ClN4OS/c1-24-15-8-2-12(3-9-15)17-11-25-18(21-17)16(10-20)23-22-14-6-4-13(19)5-7-14/h2-9,11,22H,1H3/b23-16-. The van der Waals surface area contributed by atoms with Crippen molar-refractivity contribution in [3.8, 4) is 23.1 Å². The number of methoxy groups -OCH3 is 1. The van der Waals surface area contributed by atoms with Gasteiger partial charge in [0.2, 0.25) is 0 Å². The molecule has 2 aromatic carbocycles. The van der Waals surface area contributed by atoms with E-state index < -0.39 is 0 Å². The van der Waals surface area contributed by atoms with Crippen LogP contribution in [0.4, 0.5) is 5.69 Å². The van der Waals surface area contributed by atoms with Crippen molar-refractivity contribution in [2.45, 2.75) is 0 Å². The van der Waals surface area contributed by atoms with Crippen molar-refractivity contribution < 1.29 is 4.74 Å². The molecule has 0 aliphatic heterocycles. The minimum Gasteiger partial charge on any atom is -0.497 e. The van der Waals surface area contributed by atoms with Crippen molar-refractivity contribution >= 4 is 34.3 Å². The molecule has 0 saturated heterocycles. The molecule has 25 heavy (non-hydrogen) atoms. The zero-order valence-corrected chi connectivity index (χ0v) is 14.8. The number of halogens is 1. The number of hydrazone groups is 1. The fraction of sp³-hybridized carbons (Fsp3) is 0.0556. The van der Waals surface area contributed by atoms with Gasteiger partial charge in [-0.05, 0) is 48.5 Å². The molecular weight excluding hydrogens is 356 g/mol. The first kappa shape index (κ1) is 17.0. The number of aromatic nitrogens is 1. The lowest BCUT2D eigenvalue weighted by Crippen LogP contribution is -2.01. The molecular formula is C18H13ClN4OS. The first-order valence-corrected chi connectivity index (χ1v) is 8.55. The van der Waals surface area contributed by atoms with Crippen LogP contribution in [0.15, 0.2) is 59.0 Å². The molecule has 0 radical (unpaired) electrons. The zero-order chi connectivity index (χ0) is 17.6. The van der Waals surface area contributed by atoms with E-state index in [0.717, 1.165) is 22.7 Å². The Morgan fingerprint density at radius 3 is 2.56 bits per heavy atom. The second-order valence-corrected chi connectivity index (χ2v) is 6.25. The van der Waals surface area contributed by atoms with Crippen molar-refractivity contribution in [1.29, 1.82) is 5.26 Å². The number of hydrogen-bond acceptors (Lipinski definition) is 6. The van der Waals surface area contributed by atoms with Gasteiger partial charge in [0.25, 0.3) is 0 Å². The Morgan fingerprint density at radius 1 is 1.20 bits per heavy atom. The Morgan fingerprint density at radius 2 is 1.92 bits per heavy atom. The highest BCUT2D eigenvalue weighted by atomic mass is 35.5. The third kappa shape index (κ3) is 4.15. The molecule has 0 fully saturated rings. The van der Waals surface area contributed by atoms with Gasteiger partial charge in [-0.2, -0.15) is 10.4 Å². The summed E-state index contributed by atoms with van der Waals surface area (Å²) in [6.45, 7) is 0. The van der Waals surface area contributed by atoms with E-state index in [4.69, 9.17) is 16.3 Å². The fourth-order valence-corrected chi connectivity index (χ4v) is 2.93. The lowest BCUT2D eigenvalue weighted by molar-refractivity contribution is 0.415. The average Bonchev–Trinajstić information content (AvgIpc) is 3.14. The van der Waals surface area contributed by atoms with Crippen molar-refractivity contribution in [2.24, 2.45) is 5.10 Å². The van der Waals surface area contributed by atoms with Crippen LogP contribution >= 0.6 is 22.9 Å². The van der Waals surface area contributed by atoms with E-state index in [1.54, 1.807) is 31.4 Å². The Kier molecular flexibility index (Phi) is 5.29. The lowest BCUT2D eigenvalue weighted by Gasteiger charge is -2.01. The topological polar surface area (TPSA) is 70.3 Å². The highest BCUT2D eigenvalue weighted by Crippen LogP contribution is 2.24. The Labute approximate surface area is 154 Å². The Hall–Kier alpha value is -2.88. The van der Waals surface area contributed by atoms with E-state index in [1.807, 2.05) is 29.6 Å². The van der Waals surface area contributed by atoms with Crippen LogP contribution in [-0.2, 0) is 0 Å². The molecule has 0 bridgehead atoms. The van der Waals surface area contributed by atoms with Gasteiger partial charge >= 0.3 is 0 Å². The van der Waals surface area contributed by atoms with Gasteiger partial charge in [-0.1, -0.05) is 11.6 Å². The number of hydrogen-bond donors (Lipinski definition) is 1. The van der Waals surface area contributed by atoms with Gasteiger partial charge in [0.05, 0.1) is 18.5 Å². The van der Waals surface area contributed by atoms with E-state index in [0.29, 0.717) is 10.0 Å². The van der Waals surface area contributed by atoms with Gasteiger partial charge in [-0.15, -0.1) is 11.3 Å². The molecule has 0 atom stereocenters. The summed E-state index contributed by atoms with van der Waals surface area (Å²) >= 11 is 7.21. The number of nitrogens with zero attached hydrogens (tertiary/aromatic N) is 3. The van der Waals surface area contributed by atoms with E-state index in [-0.39, 0.29) is 5.71 Å². The van der Waals surface area contributed by atoms with E-state index in [9.17, 15) is 5.26 Å². The van der Waals surface area contributed by atoms with Crippen molar-refractivity contribution in [3.05, 3.63) is 63.9 Å². The molecule has 3 rings (SSSR count). The van der Waals surface area contributed by atoms with Crippen LogP contribution in [0.3, 0.4) is 0 Å². The molecule has 7 heteroatoms. The van der Waals surface area contributed by atoms with Gasteiger partial charge in [0, 0.05) is 16.0 Å². The molecule has 0 aliphatic rings. The number of ether oxygens (including phenoxy) is 1. The van der Waals surface area contributed by atoms with Gasteiger partial charge in [-0.25, -0.2) is 4.98 Å². The van der Waals surface area contributed by atoms with Crippen molar-refractivity contribution in [2.75, 3.05) is 12.5 Å². The lowest BCUT2D eigenvalue weighted by atomic mass is 10.2. The van der Waals surface area contributed by atoms with Gasteiger partial charge < -0.3 is 4.74 Å². The number of anilines is 1. The van der Waals surface area contributed by atoms with E-state index >= 15 is 0 Å². The predicted octanol–water partition coefficient (Wildman–Crippen LogP) is 4.81. The smallest absolute Gasteiger partial charge is 0.196 e. The molecule has 0 saturated carbocycles. The third-order valence-corrected chi connectivity index (χ3v) is 4.44. The van der Waals surface area contributed by atoms with Gasteiger partial charge in [0.1, 0.15) is 11.8 Å². The summed E-state index contributed by atoms with van der Waals surface area (Å²) in [5.74, 6) is 0.783. The minimum atomic E-state index is 0.222. The maximum absolute atomic E-state index is 9.36. The van der Waals surface area contributed by atoms with Crippen LogP contribution in [0.1, 0.15) is 5.01 Å². The summed E-state index contributed by atoms with van der Waals surface area (Å²) in [5.41, 5.74) is 5.54. The van der Waals surface area contributed by atoms with Crippen LogP contribution in [0.25, 0.3) is 11.3 Å². The first-order chi connectivity index (χ1) is 12.2. The van der Waals surface area contributed by atoms with Gasteiger partial charge in [-0.3, -0.25) is 5.43 Å². The maximum Gasteiger partial charge on any atom is 0.196 e. The summed E-state index contributed by atoms with van der Waals surface area (Å²) in [4.78, 5) is 4.50. The van der Waals surface area contributed by atoms with Crippen LogP contribution in [-0.4, -0.2) is 17.8 Å². The fourth-order valence-electron chi connectivity index (χ4n) is 2.04. The van der Waals surface area contributed by atoms with Crippen molar-refractivity contribution in [3.63, 3.8) is 0 Å². The van der Waals surface area contributed by atoms with E-state index in [1.165, 1.54) is 11.3 Å². The van der Waals surface area contributed by atoms with Crippen LogP contribution in [0.2, 0.25) is 5.02 Å². The normalized spacial score (nSPS) is 11.0. The monoisotopic (exact) mass is 368 g/mol. The SMILES string of the molecule is COc1ccc(-c2csc(/C(C#N)=N\Nc3ccc(Cl)cc3)n2)cc1. The van der Waals surface area contributed by atoms with Crippen molar-refractivity contribution in [1.82, 2.24) is 4.98 Å². The molecule has 1 N–H and O–H groups in total. The van der Waals surface area contributed by atoms with E-state index in [2.05, 4.69) is 21.6 Å². The minimum absolute atomic E-state index is 0.222. The number of rotatable bonds is 5. The molecule has 5 nitrogen and oxygen atoms in total. The summed E-state index contributed by atoms with van der Waals surface area (Å²) in [6, 6.07) is 16.7. The van der Waals surface area contributed by atoms with Gasteiger partial charge in [0.15, 0.2) is 10.7 Å². The summed E-state index contributed by atoms with van der Waals surface area (Å²) in [6.07, 6.45) is 0.